The molecule has 30 heavy (non-hydrogen) atoms. The van der Waals surface area contributed by atoms with Gasteiger partial charge in [-0.1, -0.05) is 50.2 Å². The topological polar surface area (TPSA) is 38.1 Å². The Bertz CT molecular complexity index is 1060. The molecule has 3 heteroatoms. The van der Waals surface area contributed by atoms with Crippen molar-refractivity contribution in [2.45, 2.75) is 46.0 Å². The second kappa shape index (κ2) is 9.62. The van der Waals surface area contributed by atoms with Gasteiger partial charge in [-0.25, -0.2) is 0 Å². The van der Waals surface area contributed by atoms with Gasteiger partial charge in [0.2, 0.25) is 0 Å². The van der Waals surface area contributed by atoms with Crippen molar-refractivity contribution in [1.29, 1.82) is 0 Å². The van der Waals surface area contributed by atoms with Crippen LogP contribution in [0.25, 0.3) is 11.1 Å². The van der Waals surface area contributed by atoms with Crippen LogP contribution in [0.3, 0.4) is 0 Å². The highest BCUT2D eigenvalue weighted by atomic mass is 14.8. The van der Waals surface area contributed by atoms with Crippen LogP contribution in [-0.2, 0) is 19.3 Å². The summed E-state index contributed by atoms with van der Waals surface area (Å²) in [5.74, 6) is 0. The molecule has 152 valence electrons. The number of allylic oxidation sites excluding steroid dienone is 1. The van der Waals surface area contributed by atoms with Gasteiger partial charge in [0.1, 0.15) is 0 Å². The number of aliphatic imine (C=N–C) groups is 1. The van der Waals surface area contributed by atoms with E-state index in [1.807, 2.05) is 24.5 Å². The van der Waals surface area contributed by atoms with Crippen LogP contribution in [0.1, 0.15) is 49.2 Å². The summed E-state index contributed by atoms with van der Waals surface area (Å²) in [7, 11) is 0. The molecule has 0 spiro atoms. The summed E-state index contributed by atoms with van der Waals surface area (Å²) in [5.41, 5.74) is 9.98. The van der Waals surface area contributed by atoms with Crippen molar-refractivity contribution in [3.05, 3.63) is 95.1 Å². The molecule has 1 aliphatic heterocycles. The van der Waals surface area contributed by atoms with Crippen LogP contribution in [0.5, 0.6) is 0 Å². The summed E-state index contributed by atoms with van der Waals surface area (Å²) in [6, 6.07) is 17.3. The first-order chi connectivity index (χ1) is 14.8. The van der Waals surface area contributed by atoms with Gasteiger partial charge in [0.25, 0.3) is 0 Å². The Kier molecular flexibility index (Phi) is 6.48. The first-order valence-corrected chi connectivity index (χ1v) is 11.0. The lowest BCUT2D eigenvalue weighted by Gasteiger charge is -2.12. The highest BCUT2D eigenvalue weighted by molar-refractivity contribution is 5.97. The fourth-order valence-corrected chi connectivity index (χ4v) is 4.01. The first kappa shape index (κ1) is 20.2. The Morgan fingerprint density at radius 3 is 2.07 bits per heavy atom. The molecular weight excluding hydrogens is 366 g/mol. The lowest BCUT2D eigenvalue weighted by atomic mass is 9.96. The second-order valence-electron chi connectivity index (χ2n) is 7.81. The molecule has 0 aliphatic carbocycles. The summed E-state index contributed by atoms with van der Waals surface area (Å²) in [5, 5.41) is 0. The molecule has 4 rings (SSSR count). The third-order valence-corrected chi connectivity index (χ3v) is 5.75. The Labute approximate surface area is 179 Å². The SMILES string of the molecule is CCC1=NCC(CCc2ccc(Cc3ncccc3-c3cccnc3CC)cc2)=C1. The Morgan fingerprint density at radius 1 is 0.733 bits per heavy atom. The molecule has 1 aromatic carbocycles. The minimum Gasteiger partial charge on any atom is -0.285 e. The number of hydrogen-bond donors (Lipinski definition) is 0. The van der Waals surface area contributed by atoms with Gasteiger partial charge in [-0.2, -0.15) is 0 Å². The van der Waals surface area contributed by atoms with E-state index in [1.165, 1.54) is 33.5 Å². The average molecular weight is 396 g/mol. The number of pyridine rings is 2. The van der Waals surface area contributed by atoms with Crippen LogP contribution in [0.4, 0.5) is 0 Å². The van der Waals surface area contributed by atoms with Crippen LogP contribution in [0.2, 0.25) is 0 Å². The molecule has 0 amide bonds. The van der Waals surface area contributed by atoms with Gasteiger partial charge in [-0.05, 0) is 60.6 Å². The van der Waals surface area contributed by atoms with Crippen LogP contribution in [0, 0.1) is 0 Å². The van der Waals surface area contributed by atoms with Gasteiger partial charge >= 0.3 is 0 Å². The van der Waals surface area contributed by atoms with Crippen molar-refractivity contribution in [3.8, 4) is 11.1 Å². The summed E-state index contributed by atoms with van der Waals surface area (Å²) in [6.07, 6.45) is 11.0. The third kappa shape index (κ3) is 4.73. The van der Waals surface area contributed by atoms with Crippen molar-refractivity contribution in [2.24, 2.45) is 4.99 Å². The van der Waals surface area contributed by atoms with Crippen LogP contribution in [0.15, 0.2) is 77.6 Å². The Morgan fingerprint density at radius 2 is 1.40 bits per heavy atom. The molecule has 0 atom stereocenters. The molecule has 0 N–H and O–H groups in total. The van der Waals surface area contributed by atoms with E-state index < -0.39 is 0 Å². The summed E-state index contributed by atoms with van der Waals surface area (Å²) < 4.78 is 0. The van der Waals surface area contributed by atoms with E-state index >= 15 is 0 Å². The average Bonchev–Trinajstić information content (AvgIpc) is 3.27. The Hall–Kier alpha value is -3.07. The Balaban J connectivity index is 1.46. The molecule has 0 saturated heterocycles. The molecule has 2 aromatic heterocycles. The maximum atomic E-state index is 4.70. The van der Waals surface area contributed by atoms with E-state index in [4.69, 9.17) is 4.98 Å². The van der Waals surface area contributed by atoms with Crippen LogP contribution in [-0.4, -0.2) is 22.2 Å². The van der Waals surface area contributed by atoms with Crippen molar-refractivity contribution in [1.82, 2.24) is 9.97 Å². The first-order valence-electron chi connectivity index (χ1n) is 11.0. The number of aromatic nitrogens is 2. The maximum absolute atomic E-state index is 4.70. The van der Waals surface area contributed by atoms with Gasteiger partial charge in [-0.3, -0.25) is 15.0 Å². The summed E-state index contributed by atoms with van der Waals surface area (Å²) in [4.78, 5) is 13.8. The van der Waals surface area contributed by atoms with Crippen molar-refractivity contribution < 1.29 is 0 Å². The fourth-order valence-electron chi connectivity index (χ4n) is 4.01. The molecular formula is C27H29N3. The standard InChI is InChI=1S/C27H29N3/c1-3-23-17-22(19-30-23)14-11-20-9-12-21(13-10-20)18-27-25(8-6-16-29-27)24-7-5-15-28-26(24)4-2/h5-10,12-13,15-17H,3-4,11,14,18-19H2,1-2H3. The van der Waals surface area contributed by atoms with E-state index in [0.717, 1.165) is 50.0 Å². The zero-order valence-corrected chi connectivity index (χ0v) is 17.9. The van der Waals surface area contributed by atoms with Gasteiger partial charge < -0.3 is 0 Å². The molecule has 3 aromatic rings. The zero-order chi connectivity index (χ0) is 20.8. The highest BCUT2D eigenvalue weighted by Crippen LogP contribution is 2.27. The number of hydrogen-bond acceptors (Lipinski definition) is 3. The van der Waals surface area contributed by atoms with E-state index in [0.29, 0.717) is 0 Å². The lowest BCUT2D eigenvalue weighted by molar-refractivity contribution is 0.914. The number of benzene rings is 1. The van der Waals surface area contributed by atoms with Gasteiger partial charge in [0.05, 0.1) is 12.2 Å². The highest BCUT2D eigenvalue weighted by Gasteiger charge is 2.11. The monoisotopic (exact) mass is 395 g/mol. The van der Waals surface area contributed by atoms with E-state index in [9.17, 15) is 0 Å². The smallest absolute Gasteiger partial charge is 0.0606 e. The molecule has 0 saturated carbocycles. The normalized spacial score (nSPS) is 13.3. The quantitative estimate of drug-likeness (QED) is 0.468. The van der Waals surface area contributed by atoms with Gasteiger partial charge in [0, 0.05) is 41.3 Å². The van der Waals surface area contributed by atoms with Crippen molar-refractivity contribution in [3.63, 3.8) is 0 Å². The molecule has 1 aliphatic rings. The minimum absolute atomic E-state index is 0.827. The predicted octanol–water partition coefficient (Wildman–Crippen LogP) is 6.02. The largest absolute Gasteiger partial charge is 0.285 e. The molecule has 0 unspecified atom stereocenters. The van der Waals surface area contributed by atoms with Crippen molar-refractivity contribution >= 4 is 5.71 Å². The molecule has 3 nitrogen and oxygen atoms in total. The molecule has 0 radical (unpaired) electrons. The number of aryl methyl sites for hydroxylation is 2. The third-order valence-electron chi connectivity index (χ3n) is 5.75. The van der Waals surface area contributed by atoms with Crippen LogP contribution >= 0.6 is 0 Å². The molecule has 0 fully saturated rings. The minimum atomic E-state index is 0.827. The molecule has 0 bridgehead atoms. The molecule has 3 heterocycles. The number of rotatable bonds is 8. The second-order valence-corrected chi connectivity index (χ2v) is 7.81. The van der Waals surface area contributed by atoms with Gasteiger partial charge in [-0.15, -0.1) is 0 Å². The lowest BCUT2D eigenvalue weighted by Crippen LogP contribution is -1.99. The maximum Gasteiger partial charge on any atom is 0.0606 e. The summed E-state index contributed by atoms with van der Waals surface area (Å²) >= 11 is 0. The zero-order valence-electron chi connectivity index (χ0n) is 17.9. The van der Waals surface area contributed by atoms with E-state index in [-0.39, 0.29) is 0 Å². The van der Waals surface area contributed by atoms with Crippen LogP contribution < -0.4 is 0 Å². The summed E-state index contributed by atoms with van der Waals surface area (Å²) in [6.45, 7) is 5.20. The van der Waals surface area contributed by atoms with Gasteiger partial charge in [0.15, 0.2) is 0 Å². The predicted molar refractivity (Wildman–Crippen MR) is 125 cm³/mol. The number of nitrogens with zero attached hydrogens (tertiary/aromatic N) is 3. The van der Waals surface area contributed by atoms with E-state index in [2.05, 4.69) is 66.3 Å². The van der Waals surface area contributed by atoms with E-state index in [1.54, 1.807) is 0 Å². The fraction of sp³-hybridized carbons (Fsp3) is 0.296. The van der Waals surface area contributed by atoms with Crippen molar-refractivity contribution in [2.75, 3.05) is 6.54 Å².